The van der Waals surface area contributed by atoms with Crippen molar-refractivity contribution in [3.05, 3.63) is 53.6 Å². The first-order chi connectivity index (χ1) is 11.0. The van der Waals surface area contributed by atoms with E-state index in [1.54, 1.807) is 0 Å². The van der Waals surface area contributed by atoms with E-state index in [-0.39, 0.29) is 12.5 Å². The predicted octanol–water partition coefficient (Wildman–Crippen LogP) is 3.81. The van der Waals surface area contributed by atoms with Crippen LogP contribution in [0.25, 0.3) is 0 Å². The molecule has 0 fully saturated rings. The number of amides is 1. The van der Waals surface area contributed by atoms with Crippen molar-refractivity contribution in [1.82, 2.24) is 5.43 Å². The smallest absolute Gasteiger partial charge is 0.259 e. The lowest BCUT2D eigenvalue weighted by Gasteiger charge is -2.22. The fraction of sp³-hybridized carbons (Fsp3) is 0.368. The van der Waals surface area contributed by atoms with Gasteiger partial charge in [-0.2, -0.15) is 5.10 Å². The van der Waals surface area contributed by atoms with Crippen molar-refractivity contribution in [1.29, 1.82) is 0 Å². The second-order valence-corrected chi connectivity index (χ2v) is 6.13. The van der Waals surface area contributed by atoms with Gasteiger partial charge in [0.1, 0.15) is 0 Å². The quantitative estimate of drug-likeness (QED) is 0.642. The standard InChI is InChI=1S/C19H25N3O/c1-13(2)16-10-9-15(4)18(11-16)21-22-19(23)12-20-17-8-6-5-7-14(17)3/h5-9,16,20H,1,10-12H2,2-4H3,(H,22,23)/t16-/m1/s1. The maximum Gasteiger partial charge on any atom is 0.259 e. The molecule has 23 heavy (non-hydrogen) atoms. The molecule has 1 aliphatic rings. The molecule has 0 radical (unpaired) electrons. The van der Waals surface area contributed by atoms with Gasteiger partial charge in [-0.05, 0) is 56.7 Å². The summed E-state index contributed by atoms with van der Waals surface area (Å²) in [6, 6.07) is 7.89. The maximum atomic E-state index is 12.0. The van der Waals surface area contributed by atoms with Gasteiger partial charge in [-0.1, -0.05) is 36.4 Å². The molecule has 4 heteroatoms. The van der Waals surface area contributed by atoms with Gasteiger partial charge < -0.3 is 5.32 Å². The van der Waals surface area contributed by atoms with Crippen LogP contribution in [-0.4, -0.2) is 18.2 Å². The van der Waals surface area contributed by atoms with Crippen molar-refractivity contribution < 1.29 is 4.79 Å². The van der Waals surface area contributed by atoms with Gasteiger partial charge in [0.15, 0.2) is 0 Å². The van der Waals surface area contributed by atoms with Crippen LogP contribution in [0.15, 0.2) is 53.2 Å². The lowest BCUT2D eigenvalue weighted by atomic mass is 9.85. The van der Waals surface area contributed by atoms with E-state index >= 15 is 0 Å². The Labute approximate surface area is 138 Å². The maximum absolute atomic E-state index is 12.0. The Morgan fingerprint density at radius 1 is 1.35 bits per heavy atom. The molecule has 1 atom stereocenters. The molecule has 1 amide bonds. The lowest BCUT2D eigenvalue weighted by Crippen LogP contribution is -2.28. The first kappa shape index (κ1) is 17.0. The summed E-state index contributed by atoms with van der Waals surface area (Å²) in [7, 11) is 0. The highest BCUT2D eigenvalue weighted by Gasteiger charge is 2.18. The first-order valence-corrected chi connectivity index (χ1v) is 7.94. The first-order valence-electron chi connectivity index (χ1n) is 7.94. The van der Waals surface area contributed by atoms with Crippen LogP contribution in [-0.2, 0) is 4.79 Å². The molecule has 0 spiro atoms. The van der Waals surface area contributed by atoms with Crippen LogP contribution >= 0.6 is 0 Å². The summed E-state index contributed by atoms with van der Waals surface area (Å²) in [5.41, 5.74) is 7.96. The minimum atomic E-state index is -0.147. The molecule has 0 saturated carbocycles. The van der Waals surface area contributed by atoms with Crippen molar-refractivity contribution in [2.45, 2.75) is 33.6 Å². The Balaban J connectivity index is 1.90. The van der Waals surface area contributed by atoms with Gasteiger partial charge >= 0.3 is 0 Å². The van der Waals surface area contributed by atoms with Crippen LogP contribution in [0.3, 0.4) is 0 Å². The lowest BCUT2D eigenvalue weighted by molar-refractivity contribution is -0.119. The van der Waals surface area contributed by atoms with Crippen molar-refractivity contribution in [3.8, 4) is 0 Å². The highest BCUT2D eigenvalue weighted by Crippen LogP contribution is 2.26. The van der Waals surface area contributed by atoms with Crippen molar-refractivity contribution in [3.63, 3.8) is 0 Å². The number of rotatable bonds is 5. The average molecular weight is 311 g/mol. The summed E-state index contributed by atoms with van der Waals surface area (Å²) in [6.07, 6.45) is 4.01. The van der Waals surface area contributed by atoms with Gasteiger partial charge in [0.05, 0.1) is 12.3 Å². The molecular weight excluding hydrogens is 286 g/mol. The Bertz CT molecular complexity index is 658. The largest absolute Gasteiger partial charge is 0.376 e. The van der Waals surface area contributed by atoms with Gasteiger partial charge in [0, 0.05) is 5.69 Å². The highest BCUT2D eigenvalue weighted by molar-refractivity contribution is 6.01. The van der Waals surface area contributed by atoms with Gasteiger partial charge in [0.25, 0.3) is 5.91 Å². The van der Waals surface area contributed by atoms with Gasteiger partial charge in [-0.25, -0.2) is 5.43 Å². The van der Waals surface area contributed by atoms with E-state index in [4.69, 9.17) is 0 Å². The number of carbonyl (C=O) groups is 1. The second-order valence-electron chi connectivity index (χ2n) is 6.13. The molecule has 1 aromatic rings. The number of carbonyl (C=O) groups excluding carboxylic acids is 1. The van der Waals surface area contributed by atoms with Crippen LogP contribution in [0.5, 0.6) is 0 Å². The molecule has 0 heterocycles. The number of nitrogens with zero attached hydrogens (tertiary/aromatic N) is 1. The van der Waals surface area contributed by atoms with E-state index in [0.717, 1.165) is 41.0 Å². The van der Waals surface area contributed by atoms with E-state index in [1.165, 1.54) is 0 Å². The third-order valence-corrected chi connectivity index (χ3v) is 4.20. The molecule has 2 N–H and O–H groups in total. The number of hydrogen-bond donors (Lipinski definition) is 2. The highest BCUT2D eigenvalue weighted by atomic mass is 16.2. The number of hydrogen-bond acceptors (Lipinski definition) is 3. The monoisotopic (exact) mass is 311 g/mol. The van der Waals surface area contributed by atoms with Crippen molar-refractivity contribution in [2.75, 3.05) is 11.9 Å². The van der Waals surface area contributed by atoms with Crippen LogP contribution < -0.4 is 10.7 Å². The van der Waals surface area contributed by atoms with Gasteiger partial charge in [-0.15, -0.1) is 0 Å². The summed E-state index contributed by atoms with van der Waals surface area (Å²) < 4.78 is 0. The van der Waals surface area contributed by atoms with Crippen LogP contribution in [0, 0.1) is 12.8 Å². The molecule has 0 aliphatic heterocycles. The predicted molar refractivity (Wildman–Crippen MR) is 96.5 cm³/mol. The van der Waals surface area contributed by atoms with Gasteiger partial charge in [-0.3, -0.25) is 4.79 Å². The molecule has 4 nitrogen and oxygen atoms in total. The third-order valence-electron chi connectivity index (χ3n) is 4.20. The molecule has 1 aromatic carbocycles. The topological polar surface area (TPSA) is 53.5 Å². The molecule has 0 bridgehead atoms. The van der Waals surface area contributed by atoms with Crippen LogP contribution in [0.1, 0.15) is 32.3 Å². The molecule has 1 aliphatic carbocycles. The molecule has 2 rings (SSSR count). The fourth-order valence-corrected chi connectivity index (χ4v) is 2.54. The number of anilines is 1. The van der Waals surface area contributed by atoms with E-state index in [2.05, 4.69) is 28.5 Å². The average Bonchev–Trinajstić information content (AvgIpc) is 2.53. The van der Waals surface area contributed by atoms with Crippen molar-refractivity contribution >= 4 is 17.3 Å². The minimum absolute atomic E-state index is 0.147. The molecular formula is C19H25N3O. The number of nitrogens with one attached hydrogen (secondary N) is 2. The SMILES string of the molecule is C=C(C)[C@@H]1CC=C(C)C(=NNC(=O)CNc2ccccc2C)C1. The minimum Gasteiger partial charge on any atom is -0.376 e. The molecule has 0 saturated heterocycles. The molecule has 0 unspecified atom stereocenters. The van der Waals surface area contributed by atoms with Crippen LogP contribution in [0.4, 0.5) is 5.69 Å². The number of allylic oxidation sites excluding steroid dienone is 3. The zero-order valence-corrected chi connectivity index (χ0v) is 14.1. The Morgan fingerprint density at radius 3 is 2.78 bits per heavy atom. The summed E-state index contributed by atoms with van der Waals surface area (Å²) in [6.45, 7) is 10.3. The normalized spacial score (nSPS) is 19.2. The van der Waals surface area contributed by atoms with Crippen molar-refractivity contribution in [2.24, 2.45) is 11.0 Å². The number of aryl methyl sites for hydroxylation is 1. The fourth-order valence-electron chi connectivity index (χ4n) is 2.54. The summed E-state index contributed by atoms with van der Waals surface area (Å²) in [4.78, 5) is 12.0. The number of para-hydroxylation sites is 1. The third kappa shape index (κ3) is 4.81. The Kier molecular flexibility index (Phi) is 5.74. The van der Waals surface area contributed by atoms with E-state index in [0.29, 0.717) is 5.92 Å². The summed E-state index contributed by atoms with van der Waals surface area (Å²) in [5.74, 6) is 0.269. The Morgan fingerprint density at radius 2 is 2.09 bits per heavy atom. The second kappa shape index (κ2) is 7.77. The zero-order chi connectivity index (χ0) is 16.8. The molecule has 0 aromatic heterocycles. The van der Waals surface area contributed by atoms with E-state index in [1.807, 2.05) is 45.0 Å². The molecule has 122 valence electrons. The Hall–Kier alpha value is -2.36. The van der Waals surface area contributed by atoms with E-state index in [9.17, 15) is 4.79 Å². The zero-order valence-electron chi connectivity index (χ0n) is 14.1. The summed E-state index contributed by atoms with van der Waals surface area (Å²) >= 11 is 0. The number of hydrazone groups is 1. The summed E-state index contributed by atoms with van der Waals surface area (Å²) in [5, 5.41) is 7.43. The van der Waals surface area contributed by atoms with E-state index < -0.39 is 0 Å². The van der Waals surface area contributed by atoms with Gasteiger partial charge in [0.2, 0.25) is 0 Å². The van der Waals surface area contributed by atoms with Crippen LogP contribution in [0.2, 0.25) is 0 Å². The number of benzene rings is 1.